The summed E-state index contributed by atoms with van der Waals surface area (Å²) in [5, 5.41) is 4.65. The van der Waals surface area contributed by atoms with Crippen LogP contribution in [0.5, 0.6) is 11.5 Å². The number of rotatable bonds is 11. The molecule has 0 bridgehead atoms. The van der Waals surface area contributed by atoms with E-state index >= 15 is 0 Å². The molecule has 0 unspecified atom stereocenters. The summed E-state index contributed by atoms with van der Waals surface area (Å²) in [6.45, 7) is 3.28. The molecule has 0 aliphatic heterocycles. The van der Waals surface area contributed by atoms with Crippen LogP contribution in [0.3, 0.4) is 0 Å². The van der Waals surface area contributed by atoms with Gasteiger partial charge in [0.05, 0.1) is 22.9 Å². The molecule has 0 saturated heterocycles. The van der Waals surface area contributed by atoms with E-state index in [4.69, 9.17) is 60.7 Å². The van der Waals surface area contributed by atoms with Gasteiger partial charge in [0.2, 0.25) is 0 Å². The van der Waals surface area contributed by atoms with E-state index in [1.807, 2.05) is 31.2 Å². The smallest absolute Gasteiger partial charge is 0.156 e. The highest BCUT2D eigenvalue weighted by Crippen LogP contribution is 2.37. The fourth-order valence-electron chi connectivity index (χ4n) is 2.24. The highest BCUT2D eigenvalue weighted by atomic mass is 35.5. The first-order valence-corrected chi connectivity index (χ1v) is 10.5. The van der Waals surface area contributed by atoms with E-state index in [1.165, 1.54) is 6.08 Å². The zero-order chi connectivity index (χ0) is 21.1. The Morgan fingerprint density at radius 3 is 2.31 bits per heavy atom. The molecular weight excluding hydrogens is 456 g/mol. The lowest BCUT2D eigenvalue weighted by atomic mass is 10.1. The molecule has 0 aliphatic carbocycles. The van der Waals surface area contributed by atoms with Crippen molar-refractivity contribution >= 4 is 52.6 Å². The monoisotopic (exact) mass is 475 g/mol. The van der Waals surface area contributed by atoms with Crippen molar-refractivity contribution in [2.75, 3.05) is 19.8 Å². The van der Waals surface area contributed by atoms with Crippen LogP contribution >= 0.6 is 46.4 Å². The van der Waals surface area contributed by atoms with E-state index in [2.05, 4.69) is 5.16 Å². The summed E-state index contributed by atoms with van der Waals surface area (Å²) in [7, 11) is 0. The molecule has 0 heterocycles. The van der Waals surface area contributed by atoms with Gasteiger partial charge in [0.25, 0.3) is 0 Å². The molecule has 0 fully saturated rings. The van der Waals surface area contributed by atoms with Gasteiger partial charge in [-0.2, -0.15) is 0 Å². The summed E-state index contributed by atoms with van der Waals surface area (Å²) < 4.78 is 11.4. The van der Waals surface area contributed by atoms with Gasteiger partial charge in [-0.25, -0.2) is 0 Å². The van der Waals surface area contributed by atoms with E-state index < -0.39 is 0 Å². The van der Waals surface area contributed by atoms with Crippen molar-refractivity contribution in [3.63, 3.8) is 0 Å². The normalized spacial score (nSPS) is 10.8. The summed E-state index contributed by atoms with van der Waals surface area (Å²) in [6.07, 6.45) is 4.84. The molecule has 0 saturated carbocycles. The molecule has 0 amide bonds. The maximum absolute atomic E-state index is 6.27. The van der Waals surface area contributed by atoms with Crippen molar-refractivity contribution in [2.45, 2.75) is 19.8 Å². The Morgan fingerprint density at radius 2 is 1.69 bits per heavy atom. The van der Waals surface area contributed by atoms with Gasteiger partial charge >= 0.3 is 0 Å². The molecule has 0 spiro atoms. The van der Waals surface area contributed by atoms with Gasteiger partial charge in [0.15, 0.2) is 5.75 Å². The maximum Gasteiger partial charge on any atom is 0.156 e. The first-order valence-electron chi connectivity index (χ1n) is 8.99. The Bertz CT molecular complexity index is 811. The number of benzene rings is 2. The second kappa shape index (κ2) is 12.9. The minimum absolute atomic E-state index is 0.132. The molecule has 4 nitrogen and oxygen atoms in total. The molecule has 2 aromatic rings. The quantitative estimate of drug-likeness (QED) is 0.197. The third-order valence-electron chi connectivity index (χ3n) is 3.65. The maximum atomic E-state index is 6.27. The average Bonchev–Trinajstić information content (AvgIpc) is 2.68. The Labute approximate surface area is 190 Å². The van der Waals surface area contributed by atoms with Crippen molar-refractivity contribution in [3.05, 3.63) is 68.1 Å². The van der Waals surface area contributed by atoms with Crippen LogP contribution in [0.1, 0.15) is 24.5 Å². The molecule has 2 rings (SSSR count). The Morgan fingerprint density at radius 1 is 1.00 bits per heavy atom. The minimum Gasteiger partial charge on any atom is -0.490 e. The fourth-order valence-corrected chi connectivity index (χ4v) is 2.94. The molecule has 29 heavy (non-hydrogen) atoms. The minimum atomic E-state index is 0.132. The first kappa shape index (κ1) is 23.7. The summed E-state index contributed by atoms with van der Waals surface area (Å²) in [5.74, 6) is 0.918. The fraction of sp³-hybridized carbons (Fsp3) is 0.286. The molecule has 156 valence electrons. The van der Waals surface area contributed by atoms with E-state index in [1.54, 1.807) is 18.3 Å². The Balaban J connectivity index is 1.86. The summed E-state index contributed by atoms with van der Waals surface area (Å²) in [4.78, 5) is 5.09. The van der Waals surface area contributed by atoms with Crippen molar-refractivity contribution < 1.29 is 14.3 Å². The predicted octanol–water partition coefficient (Wildman–Crippen LogP) is 7.07. The lowest BCUT2D eigenvalue weighted by molar-refractivity contribution is 0.146. The SMILES string of the molecule is CCCON=Cc1ccc(CCOc2c(Cl)cc(OCC=C(Cl)Cl)cc2Cl)cc1. The van der Waals surface area contributed by atoms with Gasteiger partial charge in [0, 0.05) is 18.6 Å². The number of nitrogens with zero attached hydrogens (tertiary/aromatic N) is 1. The third-order valence-corrected chi connectivity index (χ3v) is 4.52. The standard InChI is InChI=1S/C21H21Cl4NO3/c1-2-9-29-26-14-16-5-3-15(4-6-16)7-10-28-21-18(22)12-17(13-19(21)23)27-11-8-20(24)25/h3-6,8,12-14H,2,7,9-11H2,1H3. The molecule has 0 atom stereocenters. The second-order valence-electron chi connectivity index (χ2n) is 5.93. The van der Waals surface area contributed by atoms with E-state index in [9.17, 15) is 0 Å². The largest absolute Gasteiger partial charge is 0.490 e. The summed E-state index contributed by atoms with van der Waals surface area (Å²) in [5.41, 5.74) is 2.09. The summed E-state index contributed by atoms with van der Waals surface area (Å²) >= 11 is 23.6. The molecular formula is C21H21Cl4NO3. The Hall–Kier alpha value is -1.59. The zero-order valence-electron chi connectivity index (χ0n) is 15.8. The average molecular weight is 477 g/mol. The van der Waals surface area contributed by atoms with Crippen molar-refractivity contribution in [3.8, 4) is 11.5 Å². The van der Waals surface area contributed by atoms with Crippen LogP contribution in [-0.4, -0.2) is 26.0 Å². The van der Waals surface area contributed by atoms with Crippen molar-refractivity contribution in [1.82, 2.24) is 0 Å². The van der Waals surface area contributed by atoms with E-state index in [0.29, 0.717) is 41.2 Å². The van der Waals surface area contributed by atoms with Crippen LogP contribution in [0.25, 0.3) is 0 Å². The van der Waals surface area contributed by atoms with Gasteiger partial charge in [0.1, 0.15) is 23.5 Å². The number of oxime groups is 1. The second-order valence-corrected chi connectivity index (χ2v) is 7.75. The van der Waals surface area contributed by atoms with Gasteiger partial charge in [-0.05, 0) is 23.6 Å². The highest BCUT2D eigenvalue weighted by molar-refractivity contribution is 6.55. The molecule has 8 heteroatoms. The molecule has 0 aliphatic rings. The van der Waals surface area contributed by atoms with Crippen LogP contribution in [0.2, 0.25) is 10.0 Å². The van der Waals surface area contributed by atoms with E-state index in [0.717, 1.165) is 17.5 Å². The van der Waals surface area contributed by atoms with Gasteiger partial charge in [-0.15, -0.1) is 0 Å². The number of halogens is 4. The number of ether oxygens (including phenoxy) is 2. The molecule has 0 radical (unpaired) electrons. The first-order chi connectivity index (χ1) is 14.0. The summed E-state index contributed by atoms with van der Waals surface area (Å²) in [6, 6.07) is 11.2. The van der Waals surface area contributed by atoms with E-state index in [-0.39, 0.29) is 11.1 Å². The molecule has 0 N–H and O–H groups in total. The van der Waals surface area contributed by atoms with Crippen LogP contribution in [-0.2, 0) is 11.3 Å². The molecule has 2 aromatic carbocycles. The highest BCUT2D eigenvalue weighted by Gasteiger charge is 2.11. The topological polar surface area (TPSA) is 40.0 Å². The van der Waals surface area contributed by atoms with Crippen LogP contribution in [0.4, 0.5) is 0 Å². The van der Waals surface area contributed by atoms with Gasteiger partial charge < -0.3 is 14.3 Å². The zero-order valence-corrected chi connectivity index (χ0v) is 18.9. The van der Waals surface area contributed by atoms with Crippen LogP contribution < -0.4 is 9.47 Å². The van der Waals surface area contributed by atoms with Crippen LogP contribution in [0.15, 0.2) is 52.1 Å². The van der Waals surface area contributed by atoms with Gasteiger partial charge in [-0.1, -0.05) is 82.7 Å². The lowest BCUT2D eigenvalue weighted by Gasteiger charge is -2.12. The Kier molecular flexibility index (Phi) is 10.5. The van der Waals surface area contributed by atoms with Crippen molar-refractivity contribution in [1.29, 1.82) is 0 Å². The van der Waals surface area contributed by atoms with Crippen LogP contribution in [0, 0.1) is 0 Å². The van der Waals surface area contributed by atoms with Crippen molar-refractivity contribution in [2.24, 2.45) is 5.16 Å². The number of hydrogen-bond donors (Lipinski definition) is 0. The third kappa shape index (κ3) is 8.75. The number of hydrogen-bond acceptors (Lipinski definition) is 4. The predicted molar refractivity (Wildman–Crippen MR) is 121 cm³/mol. The molecule has 0 aromatic heterocycles. The lowest BCUT2D eigenvalue weighted by Crippen LogP contribution is -2.03. The van der Waals surface area contributed by atoms with Gasteiger partial charge in [-0.3, -0.25) is 0 Å².